The van der Waals surface area contributed by atoms with E-state index in [1.165, 1.54) is 12.8 Å². The minimum atomic E-state index is 0.590. The summed E-state index contributed by atoms with van der Waals surface area (Å²) in [5, 5.41) is 7.83. The number of hydrogen-bond acceptors (Lipinski definition) is 3. The number of rotatable bonds is 4. The topological polar surface area (TPSA) is 27.2 Å². The Morgan fingerprint density at radius 3 is 2.89 bits per heavy atom. The third-order valence-corrected chi connectivity index (χ3v) is 7.64. The van der Waals surface area contributed by atoms with Crippen LogP contribution in [-0.2, 0) is 20.1 Å². The van der Waals surface area contributed by atoms with Crippen molar-refractivity contribution in [1.82, 2.24) is 14.3 Å². The third-order valence-electron chi connectivity index (χ3n) is 5.83. The highest BCUT2D eigenvalue weighted by Crippen LogP contribution is 2.42. The highest BCUT2D eigenvalue weighted by Gasteiger charge is 2.43. The number of fused-ring (bicyclic) bond motifs is 1. The van der Waals surface area contributed by atoms with Crippen LogP contribution in [0.15, 0.2) is 35.7 Å². The number of nitrogens with zero attached hydrogens (tertiary/aromatic N) is 3. The minimum Gasteiger partial charge on any atom is -0.310 e. The summed E-state index contributed by atoms with van der Waals surface area (Å²) in [5.74, 6) is 1.65. The van der Waals surface area contributed by atoms with Crippen LogP contribution in [0.2, 0.25) is 5.02 Å². The second kappa shape index (κ2) is 6.85. The molecule has 4 nitrogen and oxygen atoms in total. The van der Waals surface area contributed by atoms with Crippen molar-refractivity contribution in [2.75, 3.05) is 6.54 Å². The summed E-state index contributed by atoms with van der Waals surface area (Å²) >= 11 is 14.0. The molecule has 3 heterocycles. The van der Waals surface area contributed by atoms with Crippen molar-refractivity contribution in [2.45, 2.75) is 32.0 Å². The highest BCUT2D eigenvalue weighted by molar-refractivity contribution is 7.71. The molecule has 0 bridgehead atoms. The maximum Gasteiger partial charge on any atom is 0.202 e. The van der Waals surface area contributed by atoms with Gasteiger partial charge >= 0.3 is 0 Å². The van der Waals surface area contributed by atoms with Crippen LogP contribution in [-0.4, -0.2) is 20.9 Å². The Labute approximate surface area is 173 Å². The predicted molar refractivity (Wildman–Crippen MR) is 112 cm³/mol. The number of hydrogen-bond donors (Lipinski definition) is 1. The molecule has 2 aliphatic rings. The van der Waals surface area contributed by atoms with Crippen molar-refractivity contribution in [3.63, 3.8) is 0 Å². The zero-order valence-corrected chi connectivity index (χ0v) is 17.6. The molecule has 1 aliphatic carbocycles. The molecule has 1 aromatic carbocycles. The fourth-order valence-corrected chi connectivity index (χ4v) is 5.68. The normalized spacial score (nSPS) is 22.0. The Morgan fingerprint density at radius 1 is 1.30 bits per heavy atom. The Kier molecular flexibility index (Phi) is 4.47. The quantitative estimate of drug-likeness (QED) is 0.652. The standard InChI is InChI=1S/C20H21ClN4S2/c1-23-19(14-4-2-3-5-16(14)21)22-25(20(23)26)12-24-10-8-17-15(9-11-27-17)18(24)13-6-7-13/h2-5,9,11,13,18H,6-8,10,12H2,1H3/p+1/t18-/m1/s1. The lowest BCUT2D eigenvalue weighted by molar-refractivity contribution is -0.958. The van der Waals surface area contributed by atoms with Gasteiger partial charge in [-0.05, 0) is 48.6 Å². The molecule has 5 rings (SSSR count). The molecule has 1 saturated carbocycles. The molecule has 27 heavy (non-hydrogen) atoms. The molecular weight excluding hydrogens is 396 g/mol. The molecular formula is C20H22ClN4S2+. The third kappa shape index (κ3) is 3.09. The minimum absolute atomic E-state index is 0.590. The second-order valence-electron chi connectivity index (χ2n) is 7.58. The molecule has 140 valence electrons. The summed E-state index contributed by atoms with van der Waals surface area (Å²) < 4.78 is 4.72. The van der Waals surface area contributed by atoms with Crippen molar-refractivity contribution in [3.8, 4) is 11.4 Å². The van der Waals surface area contributed by atoms with Gasteiger partial charge in [0, 0.05) is 35.4 Å². The van der Waals surface area contributed by atoms with E-state index in [9.17, 15) is 0 Å². The van der Waals surface area contributed by atoms with Gasteiger partial charge in [-0.2, -0.15) is 4.68 Å². The van der Waals surface area contributed by atoms with Crippen LogP contribution in [0.4, 0.5) is 0 Å². The van der Waals surface area contributed by atoms with Crippen LogP contribution in [0.5, 0.6) is 0 Å². The highest BCUT2D eigenvalue weighted by atomic mass is 35.5. The number of quaternary nitrogens is 1. The molecule has 1 N–H and O–H groups in total. The molecule has 0 radical (unpaired) electrons. The molecule has 7 heteroatoms. The first-order valence-electron chi connectivity index (χ1n) is 9.43. The summed E-state index contributed by atoms with van der Waals surface area (Å²) in [6.45, 7) is 1.96. The van der Waals surface area contributed by atoms with E-state index in [1.807, 2.05) is 51.9 Å². The van der Waals surface area contributed by atoms with E-state index in [0.29, 0.717) is 11.1 Å². The van der Waals surface area contributed by atoms with Crippen LogP contribution < -0.4 is 4.90 Å². The van der Waals surface area contributed by atoms with Gasteiger partial charge in [-0.25, -0.2) is 0 Å². The maximum absolute atomic E-state index is 6.40. The molecule has 1 unspecified atom stereocenters. The molecule has 0 spiro atoms. The van der Waals surface area contributed by atoms with Crippen LogP contribution in [0.3, 0.4) is 0 Å². The molecule has 3 aromatic rings. The van der Waals surface area contributed by atoms with E-state index >= 15 is 0 Å². The lowest BCUT2D eigenvalue weighted by atomic mass is 9.96. The fourth-order valence-electron chi connectivity index (χ4n) is 4.33. The van der Waals surface area contributed by atoms with Crippen molar-refractivity contribution >= 4 is 35.2 Å². The molecule has 1 aliphatic heterocycles. The Morgan fingerprint density at radius 2 is 2.11 bits per heavy atom. The first-order chi connectivity index (χ1) is 13.1. The van der Waals surface area contributed by atoms with Crippen molar-refractivity contribution in [1.29, 1.82) is 0 Å². The van der Waals surface area contributed by atoms with E-state index in [1.54, 1.807) is 15.3 Å². The van der Waals surface area contributed by atoms with Gasteiger partial charge in [-0.15, -0.1) is 16.4 Å². The van der Waals surface area contributed by atoms with Gasteiger partial charge < -0.3 is 9.47 Å². The number of nitrogens with one attached hydrogen (secondary N) is 1. The average Bonchev–Trinajstić information content (AvgIpc) is 3.33. The van der Waals surface area contributed by atoms with Gasteiger partial charge in [0.05, 0.1) is 11.6 Å². The summed E-state index contributed by atoms with van der Waals surface area (Å²) in [6.07, 6.45) is 3.85. The summed E-state index contributed by atoms with van der Waals surface area (Å²) in [5.41, 5.74) is 2.50. The monoisotopic (exact) mass is 417 g/mol. The van der Waals surface area contributed by atoms with Gasteiger partial charge in [-0.1, -0.05) is 23.7 Å². The van der Waals surface area contributed by atoms with Gasteiger partial charge in [0.2, 0.25) is 4.77 Å². The van der Waals surface area contributed by atoms with Crippen molar-refractivity contribution < 1.29 is 4.90 Å². The largest absolute Gasteiger partial charge is 0.310 e. The number of benzene rings is 1. The predicted octanol–water partition coefficient (Wildman–Crippen LogP) is 3.88. The van der Waals surface area contributed by atoms with Gasteiger partial charge in [0.25, 0.3) is 0 Å². The van der Waals surface area contributed by atoms with Gasteiger partial charge in [-0.3, -0.25) is 0 Å². The zero-order chi connectivity index (χ0) is 18.5. The SMILES string of the molecule is Cn1c(-c2ccccc2Cl)nn(C[NH+]2CCc3sccc3[C@H]2C2CC2)c1=S. The molecule has 1 fully saturated rings. The van der Waals surface area contributed by atoms with Crippen LogP contribution >= 0.6 is 35.2 Å². The van der Waals surface area contributed by atoms with E-state index in [4.69, 9.17) is 28.9 Å². The summed E-state index contributed by atoms with van der Waals surface area (Å²) in [4.78, 5) is 3.17. The average molecular weight is 418 g/mol. The van der Waals surface area contributed by atoms with Crippen LogP contribution in [0.1, 0.15) is 29.3 Å². The Bertz CT molecular complexity index is 1050. The van der Waals surface area contributed by atoms with E-state index in [2.05, 4.69) is 11.4 Å². The summed E-state index contributed by atoms with van der Waals surface area (Å²) in [6, 6.07) is 10.8. The van der Waals surface area contributed by atoms with Crippen molar-refractivity contribution in [2.24, 2.45) is 13.0 Å². The van der Waals surface area contributed by atoms with Gasteiger partial charge in [0.1, 0.15) is 6.04 Å². The molecule has 2 atom stereocenters. The van der Waals surface area contributed by atoms with Crippen molar-refractivity contribution in [3.05, 3.63) is 55.9 Å². The zero-order valence-electron chi connectivity index (χ0n) is 15.2. The second-order valence-corrected chi connectivity index (χ2v) is 9.35. The van der Waals surface area contributed by atoms with E-state index in [0.717, 1.165) is 41.7 Å². The summed E-state index contributed by atoms with van der Waals surface area (Å²) in [7, 11) is 1.98. The maximum atomic E-state index is 6.40. The lowest BCUT2D eigenvalue weighted by Gasteiger charge is -2.32. The molecule has 0 saturated heterocycles. The van der Waals surface area contributed by atoms with Crippen LogP contribution in [0, 0.1) is 10.7 Å². The number of aromatic nitrogens is 3. The lowest BCUT2D eigenvalue weighted by Crippen LogP contribution is -3.13. The molecule has 2 aromatic heterocycles. The Hall–Kier alpha value is -1.47. The fraction of sp³-hybridized carbons (Fsp3) is 0.400. The first kappa shape index (κ1) is 17.6. The smallest absolute Gasteiger partial charge is 0.202 e. The van der Waals surface area contributed by atoms with E-state index < -0.39 is 0 Å². The van der Waals surface area contributed by atoms with Crippen LogP contribution in [0.25, 0.3) is 11.4 Å². The molecule has 0 amide bonds. The number of halogens is 1. The van der Waals surface area contributed by atoms with Gasteiger partial charge in [0.15, 0.2) is 12.5 Å². The Balaban J connectivity index is 1.49. The van der Waals surface area contributed by atoms with E-state index in [-0.39, 0.29) is 0 Å². The first-order valence-corrected chi connectivity index (χ1v) is 11.1. The number of thiophene rings is 1.